The Morgan fingerprint density at radius 2 is 0.898 bits per heavy atom. The SMILES string of the molecule is CCCCCCCC/C=C/C/C=C/C/C=C/CCCC(=O)OC[C@H](COP(=O)(O)OCCN)OC(=O)CCCCCCCCCCCCC/C=C/CCCCCCCC. The number of phosphoric acid groups is 1. The predicted octanol–water partition coefficient (Wildman–Crippen LogP) is 14.3. The van der Waals surface area contributed by atoms with Gasteiger partial charge < -0.3 is 20.1 Å². The molecule has 0 rings (SSSR count). The lowest BCUT2D eigenvalue weighted by Crippen LogP contribution is -2.29. The second-order valence-corrected chi connectivity index (χ2v) is 17.4. The number of allylic oxidation sites excluding steroid dienone is 8. The van der Waals surface area contributed by atoms with Gasteiger partial charge in [0.05, 0.1) is 13.2 Å². The van der Waals surface area contributed by atoms with E-state index in [0.717, 1.165) is 44.9 Å². The van der Waals surface area contributed by atoms with E-state index in [1.165, 1.54) is 135 Å². The van der Waals surface area contributed by atoms with Gasteiger partial charge in [-0.25, -0.2) is 4.57 Å². The first-order chi connectivity index (χ1) is 28.8. The first-order valence-electron chi connectivity index (χ1n) is 24.1. The van der Waals surface area contributed by atoms with Gasteiger partial charge in [-0.3, -0.25) is 18.6 Å². The molecule has 0 heterocycles. The lowest BCUT2D eigenvalue weighted by atomic mass is 10.0. The van der Waals surface area contributed by atoms with Crippen molar-refractivity contribution in [2.45, 2.75) is 225 Å². The number of hydrogen-bond acceptors (Lipinski definition) is 8. The highest BCUT2D eigenvalue weighted by Gasteiger charge is 2.26. The van der Waals surface area contributed by atoms with Crippen molar-refractivity contribution in [2.24, 2.45) is 5.73 Å². The number of esters is 2. The minimum atomic E-state index is -4.39. The fourth-order valence-electron chi connectivity index (χ4n) is 6.59. The summed E-state index contributed by atoms with van der Waals surface area (Å²) in [5.74, 6) is -0.887. The van der Waals surface area contributed by atoms with Crippen LogP contribution in [0, 0.1) is 0 Å². The van der Waals surface area contributed by atoms with Crippen LogP contribution in [0.1, 0.15) is 219 Å². The van der Waals surface area contributed by atoms with Crippen LogP contribution in [0.2, 0.25) is 0 Å². The van der Waals surface area contributed by atoms with Gasteiger partial charge in [0.2, 0.25) is 0 Å². The van der Waals surface area contributed by atoms with Crippen molar-refractivity contribution in [3.8, 4) is 0 Å². The Morgan fingerprint density at radius 3 is 1.37 bits per heavy atom. The maximum atomic E-state index is 12.6. The fraction of sp³-hybridized carbons (Fsp3) is 0.796. The van der Waals surface area contributed by atoms with Crippen molar-refractivity contribution in [2.75, 3.05) is 26.4 Å². The summed E-state index contributed by atoms with van der Waals surface area (Å²) in [6.45, 7) is 3.68. The van der Waals surface area contributed by atoms with Gasteiger partial charge in [0.15, 0.2) is 6.10 Å². The average Bonchev–Trinajstić information content (AvgIpc) is 3.22. The highest BCUT2D eigenvalue weighted by molar-refractivity contribution is 7.47. The molecule has 0 aliphatic heterocycles. The Kier molecular flexibility index (Phi) is 43.9. The van der Waals surface area contributed by atoms with Crippen molar-refractivity contribution >= 4 is 19.8 Å². The van der Waals surface area contributed by atoms with Crippen molar-refractivity contribution in [3.63, 3.8) is 0 Å². The van der Waals surface area contributed by atoms with Crippen molar-refractivity contribution in [1.29, 1.82) is 0 Å². The van der Waals surface area contributed by atoms with Crippen LogP contribution in [0.3, 0.4) is 0 Å². The highest BCUT2D eigenvalue weighted by Crippen LogP contribution is 2.43. The number of rotatable bonds is 45. The molecule has 0 aromatic rings. The van der Waals surface area contributed by atoms with E-state index >= 15 is 0 Å². The van der Waals surface area contributed by atoms with E-state index in [-0.39, 0.29) is 32.6 Å². The van der Waals surface area contributed by atoms with E-state index in [9.17, 15) is 19.0 Å². The number of phosphoric ester groups is 1. The van der Waals surface area contributed by atoms with Crippen LogP contribution >= 0.6 is 7.82 Å². The molecule has 2 atom stereocenters. The molecule has 0 saturated carbocycles. The van der Waals surface area contributed by atoms with E-state index in [1.807, 2.05) is 0 Å². The first-order valence-corrected chi connectivity index (χ1v) is 25.6. The first kappa shape index (κ1) is 57.0. The van der Waals surface area contributed by atoms with Gasteiger partial charge in [-0.15, -0.1) is 0 Å². The summed E-state index contributed by atoms with van der Waals surface area (Å²) in [6, 6.07) is 0. The molecule has 10 heteroatoms. The summed E-state index contributed by atoms with van der Waals surface area (Å²) < 4.78 is 32.8. The number of carbonyl (C=O) groups excluding carboxylic acids is 2. The van der Waals surface area contributed by atoms with Gasteiger partial charge in [0.1, 0.15) is 6.61 Å². The maximum Gasteiger partial charge on any atom is 0.472 e. The van der Waals surface area contributed by atoms with Crippen LogP contribution < -0.4 is 5.73 Å². The number of unbranched alkanes of at least 4 members (excludes halogenated alkanes) is 24. The lowest BCUT2D eigenvalue weighted by molar-refractivity contribution is -0.161. The van der Waals surface area contributed by atoms with Crippen molar-refractivity contribution in [3.05, 3.63) is 48.6 Å². The molecule has 1 unspecified atom stereocenters. The third kappa shape index (κ3) is 45.3. The monoisotopic (exact) mass is 852 g/mol. The standard InChI is InChI=1S/C49H90NO8P/c1-3-5-7-9-11-13-15-17-19-21-22-23-24-26-28-30-32-34-36-38-40-42-49(52)58-47(46-57-59(53,54)56-44-43-50)45-55-48(51)41-39-37-35-33-31-29-27-25-20-18-16-14-12-10-8-6-4-2/h17-20,27,29,33,35,47H,3-16,21-26,28,30-32,34,36-46,50H2,1-2H3,(H,53,54)/b19-17+,20-18+,29-27+,35-33+/t47-/m1/s1. The highest BCUT2D eigenvalue weighted by atomic mass is 31.2. The molecule has 0 spiro atoms. The predicted molar refractivity (Wildman–Crippen MR) is 247 cm³/mol. The topological polar surface area (TPSA) is 134 Å². The molecule has 0 fully saturated rings. The molecule has 9 nitrogen and oxygen atoms in total. The third-order valence-electron chi connectivity index (χ3n) is 10.2. The van der Waals surface area contributed by atoms with Gasteiger partial charge >= 0.3 is 19.8 Å². The van der Waals surface area contributed by atoms with E-state index < -0.39 is 32.5 Å². The van der Waals surface area contributed by atoms with E-state index in [4.69, 9.17) is 24.3 Å². The van der Waals surface area contributed by atoms with Crippen LogP contribution in [-0.2, 0) is 32.7 Å². The molecule has 59 heavy (non-hydrogen) atoms. The summed E-state index contributed by atoms with van der Waals surface area (Å²) in [5.41, 5.74) is 5.36. The number of hydrogen-bond donors (Lipinski definition) is 2. The normalized spacial score (nSPS) is 13.6. The summed E-state index contributed by atoms with van der Waals surface area (Å²) in [5, 5.41) is 0. The third-order valence-corrected chi connectivity index (χ3v) is 11.2. The Balaban J connectivity index is 4.14. The van der Waals surface area contributed by atoms with Gasteiger partial charge in [0.25, 0.3) is 0 Å². The van der Waals surface area contributed by atoms with Gasteiger partial charge in [0, 0.05) is 19.4 Å². The fourth-order valence-corrected chi connectivity index (χ4v) is 7.35. The van der Waals surface area contributed by atoms with Crippen LogP contribution in [0.4, 0.5) is 0 Å². The zero-order chi connectivity index (χ0) is 43.2. The summed E-state index contributed by atoms with van der Waals surface area (Å²) >= 11 is 0. The Hall–Kier alpha value is -2.03. The van der Waals surface area contributed by atoms with Crippen LogP contribution in [0.5, 0.6) is 0 Å². The smallest absolute Gasteiger partial charge is 0.462 e. The molecule has 0 saturated heterocycles. The molecule has 344 valence electrons. The molecule has 0 radical (unpaired) electrons. The second-order valence-electron chi connectivity index (χ2n) is 16.0. The second kappa shape index (κ2) is 45.5. The van der Waals surface area contributed by atoms with Crippen molar-refractivity contribution in [1.82, 2.24) is 0 Å². The Labute approximate surface area is 362 Å². The summed E-state index contributed by atoms with van der Waals surface area (Å²) in [6.07, 6.45) is 53.0. The zero-order valence-electron chi connectivity index (χ0n) is 38.0. The quantitative estimate of drug-likeness (QED) is 0.0266. The lowest BCUT2D eigenvalue weighted by Gasteiger charge is -2.19. The van der Waals surface area contributed by atoms with E-state index in [2.05, 4.69) is 62.5 Å². The van der Waals surface area contributed by atoms with Gasteiger partial charge in [-0.1, -0.05) is 184 Å². The molecule has 0 aliphatic rings. The van der Waals surface area contributed by atoms with Crippen molar-refractivity contribution < 1.29 is 37.6 Å². The Morgan fingerprint density at radius 1 is 0.508 bits per heavy atom. The number of carbonyl (C=O) groups is 2. The molecule has 0 aromatic heterocycles. The minimum Gasteiger partial charge on any atom is -0.462 e. The van der Waals surface area contributed by atoms with E-state index in [0.29, 0.717) is 12.8 Å². The largest absolute Gasteiger partial charge is 0.472 e. The molecule has 3 N–H and O–H groups in total. The minimum absolute atomic E-state index is 0.0461. The van der Waals surface area contributed by atoms with Crippen LogP contribution in [-0.4, -0.2) is 49.3 Å². The maximum absolute atomic E-state index is 12.6. The van der Waals surface area contributed by atoms with Crippen LogP contribution in [0.15, 0.2) is 48.6 Å². The molecule has 0 bridgehead atoms. The van der Waals surface area contributed by atoms with Gasteiger partial charge in [-0.05, 0) is 70.6 Å². The molecule has 0 amide bonds. The summed E-state index contributed by atoms with van der Waals surface area (Å²) in [4.78, 5) is 34.9. The zero-order valence-corrected chi connectivity index (χ0v) is 38.9. The molecule has 0 aliphatic carbocycles. The van der Waals surface area contributed by atoms with E-state index in [1.54, 1.807) is 0 Å². The van der Waals surface area contributed by atoms with Gasteiger partial charge in [-0.2, -0.15) is 0 Å². The molecule has 0 aromatic carbocycles. The molecular formula is C49H90NO8P. The van der Waals surface area contributed by atoms with Crippen LogP contribution in [0.25, 0.3) is 0 Å². The summed E-state index contributed by atoms with van der Waals surface area (Å²) in [7, 11) is -4.39. The number of ether oxygens (including phenoxy) is 2. The number of nitrogens with two attached hydrogens (primary N) is 1. The Bertz CT molecular complexity index is 1110. The molecular weight excluding hydrogens is 762 g/mol. The average molecular weight is 852 g/mol.